The molecule has 0 saturated carbocycles. The van der Waals surface area contributed by atoms with Crippen molar-refractivity contribution in [2.75, 3.05) is 0 Å². The quantitative estimate of drug-likeness (QED) is 0.917. The van der Waals surface area contributed by atoms with Crippen molar-refractivity contribution in [1.82, 2.24) is 4.90 Å². The molecule has 1 aromatic carbocycles. The summed E-state index contributed by atoms with van der Waals surface area (Å²) in [7, 11) is 0. The molecule has 2 fully saturated rings. The Morgan fingerprint density at radius 1 is 1.35 bits per heavy atom. The van der Waals surface area contributed by atoms with Gasteiger partial charge in [0.1, 0.15) is 0 Å². The Morgan fingerprint density at radius 3 is 2.70 bits per heavy atom. The number of carboxylic acid groups (broad SMARTS) is 1. The lowest BCUT2D eigenvalue weighted by Crippen LogP contribution is -2.34. The van der Waals surface area contributed by atoms with Crippen molar-refractivity contribution in [2.45, 2.75) is 44.3 Å². The van der Waals surface area contributed by atoms with Gasteiger partial charge in [0.05, 0.1) is 16.0 Å². The molecule has 20 heavy (non-hydrogen) atoms. The molecular formula is C15H17Cl2NO2. The third-order valence-corrected chi connectivity index (χ3v) is 5.52. The van der Waals surface area contributed by atoms with E-state index in [1.165, 1.54) is 0 Å². The zero-order valence-electron chi connectivity index (χ0n) is 11.2. The average molecular weight is 314 g/mol. The van der Waals surface area contributed by atoms with Crippen LogP contribution in [-0.4, -0.2) is 28.1 Å². The van der Waals surface area contributed by atoms with E-state index in [1.807, 2.05) is 18.2 Å². The van der Waals surface area contributed by atoms with Crippen LogP contribution in [0.2, 0.25) is 10.0 Å². The van der Waals surface area contributed by atoms with E-state index in [0.717, 1.165) is 24.8 Å². The second-order valence-corrected chi connectivity index (χ2v) is 6.59. The molecule has 108 valence electrons. The molecule has 2 bridgehead atoms. The summed E-state index contributed by atoms with van der Waals surface area (Å²) in [6, 6.07) is 6.38. The number of rotatable bonds is 3. The van der Waals surface area contributed by atoms with Crippen molar-refractivity contribution >= 4 is 29.2 Å². The fourth-order valence-corrected chi connectivity index (χ4v) is 4.15. The second kappa shape index (κ2) is 5.21. The van der Waals surface area contributed by atoms with Crippen molar-refractivity contribution in [1.29, 1.82) is 0 Å². The normalized spacial score (nSPS) is 30.6. The standard InChI is InChI=1S/C15H17Cl2NO2/c1-8(9-2-4-12(16)13(17)6-9)18-10-3-5-14(18)11(7-10)15(19)20/h2,4,6,8,10-11,14H,3,5,7H2,1H3,(H,19,20). The van der Waals surface area contributed by atoms with Gasteiger partial charge in [0, 0.05) is 18.1 Å². The number of benzene rings is 1. The van der Waals surface area contributed by atoms with Crippen LogP contribution in [0.5, 0.6) is 0 Å². The number of hydrogen-bond acceptors (Lipinski definition) is 2. The first-order valence-electron chi connectivity index (χ1n) is 6.94. The molecule has 2 heterocycles. The van der Waals surface area contributed by atoms with E-state index in [-0.39, 0.29) is 18.0 Å². The summed E-state index contributed by atoms with van der Waals surface area (Å²) >= 11 is 12.0. The fraction of sp³-hybridized carbons (Fsp3) is 0.533. The molecule has 1 N–H and O–H groups in total. The van der Waals surface area contributed by atoms with Gasteiger partial charge in [0.25, 0.3) is 0 Å². The molecule has 0 aromatic heterocycles. The lowest BCUT2D eigenvalue weighted by molar-refractivity contribution is -0.142. The Hall–Kier alpha value is -0.770. The summed E-state index contributed by atoms with van der Waals surface area (Å²) in [4.78, 5) is 13.7. The molecule has 2 aliphatic rings. The van der Waals surface area contributed by atoms with Gasteiger partial charge >= 0.3 is 5.97 Å². The molecule has 3 rings (SSSR count). The van der Waals surface area contributed by atoms with Crippen LogP contribution < -0.4 is 0 Å². The van der Waals surface area contributed by atoms with Crippen LogP contribution in [0.15, 0.2) is 18.2 Å². The van der Waals surface area contributed by atoms with Gasteiger partial charge in [-0.2, -0.15) is 0 Å². The predicted octanol–water partition coefficient (Wildman–Crippen LogP) is 3.99. The Kier molecular flexibility index (Phi) is 3.69. The van der Waals surface area contributed by atoms with Crippen LogP contribution in [0, 0.1) is 5.92 Å². The minimum absolute atomic E-state index is 0.155. The minimum Gasteiger partial charge on any atom is -0.481 e. The third kappa shape index (κ3) is 2.22. The largest absolute Gasteiger partial charge is 0.481 e. The first-order valence-corrected chi connectivity index (χ1v) is 7.70. The average Bonchev–Trinajstić information content (AvgIpc) is 2.98. The molecule has 4 unspecified atom stereocenters. The lowest BCUT2D eigenvalue weighted by atomic mass is 9.89. The molecular weight excluding hydrogens is 297 g/mol. The van der Waals surface area contributed by atoms with E-state index in [0.29, 0.717) is 16.1 Å². The van der Waals surface area contributed by atoms with E-state index < -0.39 is 5.97 Å². The maximum absolute atomic E-state index is 11.3. The fourth-order valence-electron chi connectivity index (χ4n) is 3.84. The molecule has 0 amide bonds. The smallest absolute Gasteiger partial charge is 0.308 e. The van der Waals surface area contributed by atoms with E-state index in [1.54, 1.807) is 0 Å². The topological polar surface area (TPSA) is 40.5 Å². The number of aliphatic carboxylic acids is 1. The Balaban J connectivity index is 1.86. The highest BCUT2D eigenvalue weighted by Gasteiger charge is 2.50. The Morgan fingerprint density at radius 2 is 2.10 bits per heavy atom. The number of carbonyl (C=O) groups is 1. The van der Waals surface area contributed by atoms with Crippen molar-refractivity contribution in [2.24, 2.45) is 5.92 Å². The number of hydrogen-bond donors (Lipinski definition) is 1. The van der Waals surface area contributed by atoms with Crippen molar-refractivity contribution < 1.29 is 9.90 Å². The molecule has 0 aliphatic carbocycles. The lowest BCUT2D eigenvalue weighted by Gasteiger charge is -2.30. The Labute approximate surface area is 128 Å². The highest BCUT2D eigenvalue weighted by Crippen LogP contribution is 2.46. The SMILES string of the molecule is CC(c1ccc(Cl)c(Cl)c1)N1C2CCC1C(C(=O)O)C2. The summed E-state index contributed by atoms with van der Waals surface area (Å²) < 4.78 is 0. The number of carboxylic acids is 1. The van der Waals surface area contributed by atoms with Gasteiger partial charge in [-0.15, -0.1) is 0 Å². The van der Waals surface area contributed by atoms with Crippen LogP contribution >= 0.6 is 23.2 Å². The summed E-state index contributed by atoms with van der Waals surface area (Å²) in [5.74, 6) is -0.887. The van der Waals surface area contributed by atoms with Gasteiger partial charge in [-0.1, -0.05) is 29.3 Å². The van der Waals surface area contributed by atoms with Crippen molar-refractivity contribution in [3.8, 4) is 0 Å². The zero-order valence-corrected chi connectivity index (χ0v) is 12.7. The number of fused-ring (bicyclic) bond motifs is 2. The monoisotopic (exact) mass is 313 g/mol. The van der Waals surface area contributed by atoms with Gasteiger partial charge in [0.2, 0.25) is 0 Å². The summed E-state index contributed by atoms with van der Waals surface area (Å²) in [5, 5.41) is 10.4. The van der Waals surface area contributed by atoms with Gasteiger partial charge < -0.3 is 5.11 Å². The van der Waals surface area contributed by atoms with Crippen LogP contribution in [0.1, 0.15) is 37.8 Å². The number of nitrogens with zero attached hydrogens (tertiary/aromatic N) is 1. The third-order valence-electron chi connectivity index (χ3n) is 4.78. The van der Waals surface area contributed by atoms with Crippen LogP contribution in [0.3, 0.4) is 0 Å². The molecule has 2 aliphatic heterocycles. The highest BCUT2D eigenvalue weighted by molar-refractivity contribution is 6.42. The first-order chi connectivity index (χ1) is 9.49. The molecule has 0 radical (unpaired) electrons. The molecule has 2 saturated heterocycles. The summed E-state index contributed by atoms with van der Waals surface area (Å²) in [5.41, 5.74) is 1.10. The van der Waals surface area contributed by atoms with Gasteiger partial charge in [-0.25, -0.2) is 0 Å². The number of halogens is 2. The maximum Gasteiger partial charge on any atom is 0.308 e. The second-order valence-electron chi connectivity index (χ2n) is 5.78. The summed E-state index contributed by atoms with van der Waals surface area (Å²) in [6.45, 7) is 2.12. The van der Waals surface area contributed by atoms with Crippen LogP contribution in [-0.2, 0) is 4.79 Å². The van der Waals surface area contributed by atoms with E-state index >= 15 is 0 Å². The van der Waals surface area contributed by atoms with Gasteiger partial charge in [0.15, 0.2) is 0 Å². The highest BCUT2D eigenvalue weighted by atomic mass is 35.5. The summed E-state index contributed by atoms with van der Waals surface area (Å²) in [6.07, 6.45) is 2.85. The molecule has 0 spiro atoms. The van der Waals surface area contributed by atoms with Gasteiger partial charge in [-0.05, 0) is 43.9 Å². The minimum atomic E-state index is -0.663. The van der Waals surface area contributed by atoms with Crippen LogP contribution in [0.25, 0.3) is 0 Å². The van der Waals surface area contributed by atoms with Gasteiger partial charge in [-0.3, -0.25) is 9.69 Å². The zero-order chi connectivity index (χ0) is 14.4. The first kappa shape index (κ1) is 14.2. The van der Waals surface area contributed by atoms with E-state index in [2.05, 4.69) is 11.8 Å². The Bertz CT molecular complexity index is 549. The van der Waals surface area contributed by atoms with E-state index in [9.17, 15) is 9.90 Å². The molecule has 3 nitrogen and oxygen atoms in total. The van der Waals surface area contributed by atoms with Crippen molar-refractivity contribution in [3.05, 3.63) is 33.8 Å². The molecule has 4 atom stereocenters. The molecule has 1 aromatic rings. The predicted molar refractivity (Wildman–Crippen MR) is 79.3 cm³/mol. The maximum atomic E-state index is 11.3. The molecule has 5 heteroatoms. The van der Waals surface area contributed by atoms with Crippen LogP contribution in [0.4, 0.5) is 0 Å². The van der Waals surface area contributed by atoms with E-state index in [4.69, 9.17) is 23.2 Å². The van der Waals surface area contributed by atoms with Crippen molar-refractivity contribution in [3.63, 3.8) is 0 Å².